The van der Waals surface area contributed by atoms with Crippen LogP contribution in [0.15, 0.2) is 48.8 Å². The van der Waals surface area contributed by atoms with E-state index in [1.165, 1.54) is 12.3 Å². The van der Waals surface area contributed by atoms with Crippen LogP contribution in [-0.4, -0.2) is 31.5 Å². The van der Waals surface area contributed by atoms with Crippen molar-refractivity contribution in [1.82, 2.24) is 24.9 Å². The van der Waals surface area contributed by atoms with Gasteiger partial charge in [0.25, 0.3) is 0 Å². The second kappa shape index (κ2) is 8.72. The predicted molar refractivity (Wildman–Crippen MR) is 120 cm³/mol. The van der Waals surface area contributed by atoms with Crippen molar-refractivity contribution in [3.8, 4) is 11.3 Å². The van der Waals surface area contributed by atoms with Gasteiger partial charge in [-0.1, -0.05) is 0 Å². The van der Waals surface area contributed by atoms with Gasteiger partial charge in [0.1, 0.15) is 11.5 Å². The number of ether oxygens (including phenoxy) is 1. The summed E-state index contributed by atoms with van der Waals surface area (Å²) in [4.78, 5) is 22.0. The van der Waals surface area contributed by atoms with Gasteiger partial charge in [0.15, 0.2) is 5.65 Å². The standard InChI is InChI=1S/C25H22F3N5O/c1-14-3-5-19-22(18-4-6-21(30-13-18)25(26,27)28)32-23(33-24(19)31-14)17-8-10-34-20(12-17)16-7-9-29-15(2)11-16/h3-7,9,11,13,17,20H,8,10,12H2,1-2H3/t17-,20-/m0/s1. The van der Waals surface area contributed by atoms with Gasteiger partial charge in [0.05, 0.1) is 11.8 Å². The zero-order chi connectivity index (χ0) is 23.9. The van der Waals surface area contributed by atoms with Crippen molar-refractivity contribution >= 4 is 11.0 Å². The molecule has 0 aliphatic carbocycles. The molecule has 9 heteroatoms. The molecule has 0 saturated carbocycles. The quantitative estimate of drug-likeness (QED) is 0.383. The van der Waals surface area contributed by atoms with Gasteiger partial charge in [0, 0.05) is 47.3 Å². The number of pyridine rings is 3. The summed E-state index contributed by atoms with van der Waals surface area (Å²) >= 11 is 0. The molecule has 1 aliphatic rings. The molecule has 174 valence electrons. The monoisotopic (exact) mass is 465 g/mol. The van der Waals surface area contributed by atoms with Gasteiger partial charge in [-0.25, -0.2) is 15.0 Å². The molecule has 1 saturated heterocycles. The predicted octanol–water partition coefficient (Wildman–Crippen LogP) is 5.75. The van der Waals surface area contributed by atoms with Crippen molar-refractivity contribution < 1.29 is 17.9 Å². The van der Waals surface area contributed by atoms with E-state index in [0.29, 0.717) is 41.1 Å². The lowest BCUT2D eigenvalue weighted by Crippen LogP contribution is -2.21. The van der Waals surface area contributed by atoms with Crippen LogP contribution < -0.4 is 0 Å². The van der Waals surface area contributed by atoms with Crippen LogP contribution in [0.1, 0.15) is 53.3 Å². The van der Waals surface area contributed by atoms with E-state index in [-0.39, 0.29) is 12.0 Å². The number of alkyl halides is 3. The zero-order valence-electron chi connectivity index (χ0n) is 18.7. The van der Waals surface area contributed by atoms with Gasteiger partial charge in [-0.15, -0.1) is 0 Å². The Hall–Kier alpha value is -3.46. The van der Waals surface area contributed by atoms with E-state index in [2.05, 4.69) is 15.0 Å². The third-order valence-electron chi connectivity index (χ3n) is 5.99. The van der Waals surface area contributed by atoms with Crippen LogP contribution in [-0.2, 0) is 10.9 Å². The lowest BCUT2D eigenvalue weighted by atomic mass is 9.91. The molecule has 4 aromatic heterocycles. The first-order valence-electron chi connectivity index (χ1n) is 11.0. The molecule has 0 amide bonds. The fourth-order valence-electron chi connectivity index (χ4n) is 4.26. The molecule has 34 heavy (non-hydrogen) atoms. The van der Waals surface area contributed by atoms with Gasteiger partial charge < -0.3 is 4.74 Å². The van der Waals surface area contributed by atoms with Gasteiger partial charge in [0.2, 0.25) is 0 Å². The first-order valence-corrected chi connectivity index (χ1v) is 11.0. The Morgan fingerprint density at radius 2 is 1.79 bits per heavy atom. The Kier molecular flexibility index (Phi) is 5.73. The summed E-state index contributed by atoms with van der Waals surface area (Å²) in [5, 5.41) is 0.671. The maximum Gasteiger partial charge on any atom is 0.433 e. The van der Waals surface area contributed by atoms with Crippen LogP contribution in [0.5, 0.6) is 0 Å². The lowest BCUT2D eigenvalue weighted by Gasteiger charge is -2.29. The van der Waals surface area contributed by atoms with E-state index in [1.807, 2.05) is 38.1 Å². The summed E-state index contributed by atoms with van der Waals surface area (Å²) in [5.74, 6) is 0.625. The van der Waals surface area contributed by atoms with Gasteiger partial charge in [-0.2, -0.15) is 13.2 Å². The second-order valence-electron chi connectivity index (χ2n) is 8.50. The highest BCUT2D eigenvalue weighted by Gasteiger charge is 2.32. The molecule has 4 aromatic rings. The molecule has 5 heterocycles. The maximum absolute atomic E-state index is 13.0. The molecule has 2 atom stereocenters. The van der Waals surface area contributed by atoms with E-state index in [4.69, 9.17) is 14.7 Å². The van der Waals surface area contributed by atoms with Crippen LogP contribution in [0.2, 0.25) is 0 Å². The van der Waals surface area contributed by atoms with Crippen molar-refractivity contribution in [3.05, 3.63) is 77.3 Å². The number of fused-ring (bicyclic) bond motifs is 1. The molecular formula is C25H22F3N5O. The summed E-state index contributed by atoms with van der Waals surface area (Å²) in [6.07, 6.45) is -0.207. The SMILES string of the molecule is Cc1cc([C@@H]2C[C@@H](c3nc(-c4ccc(C(F)(F)F)nc4)c4ccc(C)nc4n3)CCO2)ccn1. The first-order chi connectivity index (χ1) is 16.3. The maximum atomic E-state index is 13.0. The molecule has 1 aliphatic heterocycles. The molecule has 0 unspecified atom stereocenters. The minimum absolute atomic E-state index is 0.0140. The Morgan fingerprint density at radius 1 is 0.941 bits per heavy atom. The van der Waals surface area contributed by atoms with Crippen LogP contribution in [0, 0.1) is 13.8 Å². The minimum Gasteiger partial charge on any atom is -0.373 e. The smallest absolute Gasteiger partial charge is 0.373 e. The third-order valence-corrected chi connectivity index (χ3v) is 5.99. The molecule has 1 fully saturated rings. The van der Waals surface area contributed by atoms with Crippen molar-refractivity contribution in [1.29, 1.82) is 0 Å². The van der Waals surface area contributed by atoms with E-state index >= 15 is 0 Å². The van der Waals surface area contributed by atoms with Crippen molar-refractivity contribution in [3.63, 3.8) is 0 Å². The summed E-state index contributed by atoms with van der Waals surface area (Å²) in [6.45, 7) is 4.36. The molecule has 0 radical (unpaired) electrons. The van der Waals surface area contributed by atoms with Gasteiger partial charge >= 0.3 is 6.18 Å². The Labute approximate surface area is 194 Å². The molecule has 0 bridgehead atoms. The summed E-state index contributed by atoms with van der Waals surface area (Å²) in [5.41, 5.74) is 3.36. The number of aryl methyl sites for hydroxylation is 2. The van der Waals surface area contributed by atoms with E-state index in [1.54, 1.807) is 6.20 Å². The topological polar surface area (TPSA) is 73.7 Å². The van der Waals surface area contributed by atoms with Crippen LogP contribution in [0.25, 0.3) is 22.3 Å². The van der Waals surface area contributed by atoms with Crippen molar-refractivity contribution in [2.75, 3.05) is 6.61 Å². The number of nitrogens with zero attached hydrogens (tertiary/aromatic N) is 5. The number of hydrogen-bond donors (Lipinski definition) is 0. The fraction of sp³-hybridized carbons (Fsp3) is 0.320. The normalized spacial score (nSPS) is 18.9. The number of rotatable bonds is 3. The lowest BCUT2D eigenvalue weighted by molar-refractivity contribution is -0.141. The number of aromatic nitrogens is 5. The number of halogens is 3. The number of hydrogen-bond acceptors (Lipinski definition) is 6. The Morgan fingerprint density at radius 3 is 2.53 bits per heavy atom. The summed E-state index contributed by atoms with van der Waals surface area (Å²) in [7, 11) is 0. The van der Waals surface area contributed by atoms with E-state index in [9.17, 15) is 13.2 Å². The first kappa shape index (κ1) is 22.3. The molecule has 0 spiro atoms. The Bertz CT molecular complexity index is 1340. The highest BCUT2D eigenvalue weighted by Crippen LogP contribution is 2.38. The molecule has 6 nitrogen and oxygen atoms in total. The molecule has 0 N–H and O–H groups in total. The third kappa shape index (κ3) is 4.48. The van der Waals surface area contributed by atoms with Gasteiger partial charge in [-0.05, 0) is 68.7 Å². The largest absolute Gasteiger partial charge is 0.433 e. The molecular weight excluding hydrogens is 443 g/mol. The minimum atomic E-state index is -4.50. The van der Waals surface area contributed by atoms with Crippen molar-refractivity contribution in [2.45, 2.75) is 44.9 Å². The fourth-order valence-corrected chi connectivity index (χ4v) is 4.26. The van der Waals surface area contributed by atoms with Crippen molar-refractivity contribution in [2.24, 2.45) is 0 Å². The van der Waals surface area contributed by atoms with E-state index in [0.717, 1.165) is 29.4 Å². The average Bonchev–Trinajstić information content (AvgIpc) is 2.83. The summed E-state index contributed by atoms with van der Waals surface area (Å²) < 4.78 is 45.1. The van der Waals surface area contributed by atoms with Crippen LogP contribution in [0.4, 0.5) is 13.2 Å². The highest BCUT2D eigenvalue weighted by molar-refractivity contribution is 5.90. The second-order valence-corrected chi connectivity index (χ2v) is 8.50. The Balaban J connectivity index is 1.55. The van der Waals surface area contributed by atoms with Crippen LogP contribution >= 0.6 is 0 Å². The summed E-state index contributed by atoms with van der Waals surface area (Å²) in [6, 6.07) is 10.0. The highest BCUT2D eigenvalue weighted by atomic mass is 19.4. The van der Waals surface area contributed by atoms with Gasteiger partial charge in [-0.3, -0.25) is 9.97 Å². The molecule has 0 aromatic carbocycles. The van der Waals surface area contributed by atoms with E-state index < -0.39 is 11.9 Å². The zero-order valence-corrected chi connectivity index (χ0v) is 18.7. The average molecular weight is 465 g/mol. The van der Waals surface area contributed by atoms with Crippen LogP contribution in [0.3, 0.4) is 0 Å². The molecule has 5 rings (SSSR count).